The van der Waals surface area contributed by atoms with E-state index in [1.165, 1.54) is 38.6 Å². The van der Waals surface area contributed by atoms with Crippen molar-refractivity contribution >= 4 is 0 Å². The molecule has 2 atom stereocenters. The van der Waals surface area contributed by atoms with E-state index in [0.29, 0.717) is 6.10 Å². The van der Waals surface area contributed by atoms with Crippen LogP contribution < -0.4 is 5.32 Å². The van der Waals surface area contributed by atoms with E-state index in [1.54, 1.807) is 0 Å². The summed E-state index contributed by atoms with van der Waals surface area (Å²) in [6.07, 6.45) is 6.93. The van der Waals surface area contributed by atoms with Crippen molar-refractivity contribution < 1.29 is 9.47 Å². The Balaban J connectivity index is 1.50. The van der Waals surface area contributed by atoms with Gasteiger partial charge in [-0.3, -0.25) is 0 Å². The fourth-order valence-electron chi connectivity index (χ4n) is 3.04. The van der Waals surface area contributed by atoms with Gasteiger partial charge in [0.2, 0.25) is 0 Å². The number of rotatable bonds is 4. The first-order valence-electron chi connectivity index (χ1n) is 6.86. The molecular formula is C13H23NO2. The third kappa shape index (κ3) is 2.58. The summed E-state index contributed by atoms with van der Waals surface area (Å²) in [6.45, 7) is 4.02. The molecule has 1 saturated carbocycles. The topological polar surface area (TPSA) is 30.5 Å². The van der Waals surface area contributed by atoms with E-state index in [1.807, 2.05) is 0 Å². The highest BCUT2D eigenvalue weighted by atomic mass is 16.5. The smallest absolute Gasteiger partial charge is 0.0646 e. The lowest BCUT2D eigenvalue weighted by Crippen LogP contribution is -2.36. The summed E-state index contributed by atoms with van der Waals surface area (Å²) in [5.74, 6) is 1.51. The Bertz CT molecular complexity index is 224. The van der Waals surface area contributed by atoms with Crippen molar-refractivity contribution in [3.63, 3.8) is 0 Å². The monoisotopic (exact) mass is 225 g/mol. The summed E-state index contributed by atoms with van der Waals surface area (Å²) in [5.41, 5.74) is 0. The van der Waals surface area contributed by atoms with Gasteiger partial charge in [-0.05, 0) is 38.0 Å². The second-order valence-electron chi connectivity index (χ2n) is 5.52. The molecule has 2 saturated heterocycles. The molecule has 0 aromatic carbocycles. The molecule has 1 aliphatic carbocycles. The zero-order valence-electron chi connectivity index (χ0n) is 9.99. The predicted octanol–water partition coefficient (Wildman–Crippen LogP) is 1.57. The fraction of sp³-hybridized carbons (Fsp3) is 1.00. The van der Waals surface area contributed by atoms with Gasteiger partial charge in [0.25, 0.3) is 0 Å². The highest BCUT2D eigenvalue weighted by molar-refractivity contribution is 4.88. The van der Waals surface area contributed by atoms with Crippen molar-refractivity contribution in [1.82, 2.24) is 5.32 Å². The Morgan fingerprint density at radius 1 is 0.938 bits per heavy atom. The molecule has 2 unspecified atom stereocenters. The van der Waals surface area contributed by atoms with Crippen LogP contribution in [0.5, 0.6) is 0 Å². The van der Waals surface area contributed by atoms with Gasteiger partial charge in [-0.15, -0.1) is 0 Å². The zero-order chi connectivity index (χ0) is 10.8. The van der Waals surface area contributed by atoms with Gasteiger partial charge < -0.3 is 14.8 Å². The number of hydrogen-bond donors (Lipinski definition) is 1. The van der Waals surface area contributed by atoms with Gasteiger partial charge in [0.15, 0.2) is 0 Å². The molecule has 0 aromatic rings. The van der Waals surface area contributed by atoms with Gasteiger partial charge in [-0.1, -0.05) is 0 Å². The Hall–Kier alpha value is -0.120. The van der Waals surface area contributed by atoms with Crippen LogP contribution in [-0.4, -0.2) is 38.5 Å². The standard InChI is InChI=1S/C13H23NO2/c1-2-12(1)14-9-11-5-8-16-13(11)10-3-6-15-7-4-10/h10-14H,1-9H2. The van der Waals surface area contributed by atoms with E-state index < -0.39 is 0 Å². The maximum atomic E-state index is 5.96. The van der Waals surface area contributed by atoms with E-state index in [9.17, 15) is 0 Å². The van der Waals surface area contributed by atoms with E-state index in [-0.39, 0.29) is 0 Å². The van der Waals surface area contributed by atoms with Crippen LogP contribution in [0, 0.1) is 11.8 Å². The number of nitrogens with one attached hydrogen (secondary N) is 1. The van der Waals surface area contributed by atoms with Crippen LogP contribution in [0.25, 0.3) is 0 Å². The molecule has 0 bridgehead atoms. The zero-order valence-corrected chi connectivity index (χ0v) is 9.99. The molecular weight excluding hydrogens is 202 g/mol. The van der Waals surface area contributed by atoms with Crippen molar-refractivity contribution in [3.05, 3.63) is 0 Å². The SMILES string of the molecule is C1CC(C2OCCC2CNC2CC2)CCO1. The molecule has 2 heterocycles. The summed E-state index contributed by atoms with van der Waals surface area (Å²) in [4.78, 5) is 0. The molecule has 3 fully saturated rings. The van der Waals surface area contributed by atoms with E-state index >= 15 is 0 Å². The molecule has 0 spiro atoms. The lowest BCUT2D eigenvalue weighted by atomic mass is 9.85. The minimum absolute atomic E-state index is 0.509. The fourth-order valence-corrected chi connectivity index (χ4v) is 3.04. The average molecular weight is 225 g/mol. The van der Waals surface area contributed by atoms with Gasteiger partial charge in [-0.25, -0.2) is 0 Å². The minimum Gasteiger partial charge on any atom is -0.381 e. The second-order valence-corrected chi connectivity index (χ2v) is 5.52. The Kier molecular flexibility index (Phi) is 3.46. The van der Waals surface area contributed by atoms with Crippen molar-refractivity contribution in [2.45, 2.75) is 44.2 Å². The van der Waals surface area contributed by atoms with Gasteiger partial charge in [0.05, 0.1) is 6.10 Å². The van der Waals surface area contributed by atoms with Crippen molar-refractivity contribution in [2.24, 2.45) is 11.8 Å². The van der Waals surface area contributed by atoms with Crippen LogP contribution in [0.1, 0.15) is 32.1 Å². The predicted molar refractivity (Wildman–Crippen MR) is 62.4 cm³/mol. The molecule has 1 N–H and O–H groups in total. The Morgan fingerprint density at radius 3 is 2.50 bits per heavy atom. The summed E-state index contributed by atoms with van der Waals surface area (Å²) in [7, 11) is 0. The molecule has 16 heavy (non-hydrogen) atoms. The maximum absolute atomic E-state index is 5.96. The van der Waals surface area contributed by atoms with Gasteiger partial charge in [0, 0.05) is 38.3 Å². The maximum Gasteiger partial charge on any atom is 0.0646 e. The lowest BCUT2D eigenvalue weighted by molar-refractivity contribution is -0.0187. The lowest BCUT2D eigenvalue weighted by Gasteiger charge is -2.30. The van der Waals surface area contributed by atoms with Crippen molar-refractivity contribution in [3.8, 4) is 0 Å². The van der Waals surface area contributed by atoms with Crippen LogP contribution in [0.3, 0.4) is 0 Å². The largest absolute Gasteiger partial charge is 0.381 e. The first-order chi connectivity index (χ1) is 7.93. The molecule has 3 rings (SSSR count). The third-order valence-corrected chi connectivity index (χ3v) is 4.24. The minimum atomic E-state index is 0.509. The van der Waals surface area contributed by atoms with Crippen LogP contribution in [-0.2, 0) is 9.47 Å². The van der Waals surface area contributed by atoms with Crippen LogP contribution in [0.4, 0.5) is 0 Å². The normalized spacial score (nSPS) is 36.8. The van der Waals surface area contributed by atoms with Crippen LogP contribution >= 0.6 is 0 Å². The summed E-state index contributed by atoms with van der Waals surface area (Å²) in [6, 6.07) is 0.830. The number of ether oxygens (including phenoxy) is 2. The van der Waals surface area contributed by atoms with Gasteiger partial charge in [-0.2, -0.15) is 0 Å². The van der Waals surface area contributed by atoms with E-state index in [4.69, 9.17) is 9.47 Å². The van der Waals surface area contributed by atoms with Crippen molar-refractivity contribution in [2.75, 3.05) is 26.4 Å². The van der Waals surface area contributed by atoms with Crippen LogP contribution in [0.15, 0.2) is 0 Å². The average Bonchev–Trinajstić information content (AvgIpc) is 3.05. The quantitative estimate of drug-likeness (QED) is 0.788. The molecule has 2 aliphatic heterocycles. The van der Waals surface area contributed by atoms with E-state index in [0.717, 1.165) is 37.7 Å². The first-order valence-corrected chi connectivity index (χ1v) is 6.86. The Labute approximate surface area is 97.9 Å². The summed E-state index contributed by atoms with van der Waals surface area (Å²) < 4.78 is 11.4. The molecule has 3 aliphatic rings. The molecule has 3 nitrogen and oxygen atoms in total. The molecule has 0 amide bonds. The van der Waals surface area contributed by atoms with Crippen molar-refractivity contribution in [1.29, 1.82) is 0 Å². The summed E-state index contributed by atoms with van der Waals surface area (Å²) >= 11 is 0. The first kappa shape index (κ1) is 11.0. The highest BCUT2D eigenvalue weighted by Gasteiger charge is 2.36. The van der Waals surface area contributed by atoms with E-state index in [2.05, 4.69) is 5.32 Å². The Morgan fingerprint density at radius 2 is 1.75 bits per heavy atom. The summed E-state index contributed by atoms with van der Waals surface area (Å²) in [5, 5.41) is 3.66. The molecule has 92 valence electrons. The molecule has 0 aromatic heterocycles. The number of hydrogen-bond acceptors (Lipinski definition) is 3. The third-order valence-electron chi connectivity index (χ3n) is 4.24. The van der Waals surface area contributed by atoms with Crippen LogP contribution in [0.2, 0.25) is 0 Å². The molecule has 0 radical (unpaired) electrons. The molecule has 3 heteroatoms. The second kappa shape index (κ2) is 5.03. The van der Waals surface area contributed by atoms with Gasteiger partial charge >= 0.3 is 0 Å². The highest BCUT2D eigenvalue weighted by Crippen LogP contribution is 2.32. The van der Waals surface area contributed by atoms with Gasteiger partial charge in [0.1, 0.15) is 0 Å².